The first-order valence-corrected chi connectivity index (χ1v) is 5.84. The third-order valence-electron chi connectivity index (χ3n) is 3.04. The molecule has 94 valence electrons. The van der Waals surface area contributed by atoms with E-state index in [-0.39, 0.29) is 11.3 Å². The molecule has 0 saturated carbocycles. The highest BCUT2D eigenvalue weighted by molar-refractivity contribution is 5.93. The summed E-state index contributed by atoms with van der Waals surface area (Å²) in [7, 11) is 0. The highest BCUT2D eigenvalue weighted by atomic mass is 16.3. The monoisotopic (exact) mass is 252 g/mol. The van der Waals surface area contributed by atoms with Gasteiger partial charge in [0, 0.05) is 5.69 Å². The standard InChI is InChI=1S/C15H12N2O2/c16-10-7-4-8-11-13(10)14(18)12(15(17)19-11)9-5-2-1-3-6-9/h1-8H,16-17H2. The summed E-state index contributed by atoms with van der Waals surface area (Å²) in [6.07, 6.45) is 0. The molecule has 0 bridgehead atoms. The van der Waals surface area contributed by atoms with Crippen molar-refractivity contribution in [1.29, 1.82) is 0 Å². The highest BCUT2D eigenvalue weighted by Crippen LogP contribution is 2.28. The molecule has 4 N–H and O–H groups in total. The number of rotatable bonds is 1. The molecule has 0 fully saturated rings. The molecular formula is C15H12N2O2. The minimum Gasteiger partial charge on any atom is -0.440 e. The highest BCUT2D eigenvalue weighted by Gasteiger charge is 2.15. The van der Waals surface area contributed by atoms with Crippen molar-refractivity contribution in [2.45, 2.75) is 0 Å². The first-order valence-electron chi connectivity index (χ1n) is 5.84. The number of anilines is 2. The number of nitrogens with two attached hydrogens (primary N) is 2. The van der Waals surface area contributed by atoms with Crippen LogP contribution in [0.3, 0.4) is 0 Å². The van der Waals surface area contributed by atoms with Crippen molar-refractivity contribution in [2.75, 3.05) is 11.5 Å². The van der Waals surface area contributed by atoms with Crippen molar-refractivity contribution in [3.63, 3.8) is 0 Å². The molecule has 0 unspecified atom stereocenters. The lowest BCUT2D eigenvalue weighted by Gasteiger charge is -2.07. The maximum atomic E-state index is 12.6. The molecule has 1 heterocycles. The van der Waals surface area contributed by atoms with Gasteiger partial charge >= 0.3 is 0 Å². The van der Waals surface area contributed by atoms with Crippen LogP contribution in [0.25, 0.3) is 22.1 Å². The molecule has 0 amide bonds. The number of nitrogen functional groups attached to an aromatic ring is 2. The van der Waals surface area contributed by atoms with E-state index in [9.17, 15) is 4.79 Å². The Morgan fingerprint density at radius 3 is 2.37 bits per heavy atom. The molecule has 0 saturated heterocycles. The minimum absolute atomic E-state index is 0.106. The Bertz CT molecular complexity index is 807. The van der Waals surface area contributed by atoms with Crippen molar-refractivity contribution in [1.82, 2.24) is 0 Å². The first kappa shape index (κ1) is 11.3. The average Bonchev–Trinajstić information content (AvgIpc) is 2.39. The van der Waals surface area contributed by atoms with Crippen LogP contribution >= 0.6 is 0 Å². The second-order valence-corrected chi connectivity index (χ2v) is 4.26. The van der Waals surface area contributed by atoms with Crippen molar-refractivity contribution in [3.05, 3.63) is 58.8 Å². The summed E-state index contributed by atoms with van der Waals surface area (Å²) in [5, 5.41) is 0.371. The van der Waals surface area contributed by atoms with Crippen LogP contribution in [0.2, 0.25) is 0 Å². The van der Waals surface area contributed by atoms with Crippen LogP contribution in [0.15, 0.2) is 57.7 Å². The molecule has 0 radical (unpaired) electrons. The predicted octanol–water partition coefficient (Wildman–Crippen LogP) is 2.62. The molecule has 4 heteroatoms. The molecule has 19 heavy (non-hydrogen) atoms. The van der Waals surface area contributed by atoms with E-state index in [1.165, 1.54) is 0 Å². The van der Waals surface area contributed by atoms with Gasteiger partial charge in [0.15, 0.2) is 0 Å². The number of fused-ring (bicyclic) bond motifs is 1. The van der Waals surface area contributed by atoms with E-state index >= 15 is 0 Å². The van der Waals surface area contributed by atoms with Crippen molar-refractivity contribution in [2.24, 2.45) is 0 Å². The van der Waals surface area contributed by atoms with E-state index in [1.54, 1.807) is 18.2 Å². The van der Waals surface area contributed by atoms with E-state index < -0.39 is 0 Å². The topological polar surface area (TPSA) is 82.2 Å². The predicted molar refractivity (Wildman–Crippen MR) is 76.7 cm³/mol. The average molecular weight is 252 g/mol. The molecule has 2 aromatic carbocycles. The maximum absolute atomic E-state index is 12.6. The molecule has 0 atom stereocenters. The summed E-state index contributed by atoms with van der Waals surface area (Å²) in [6, 6.07) is 14.3. The Kier molecular flexibility index (Phi) is 2.49. The van der Waals surface area contributed by atoms with Gasteiger partial charge in [-0.25, -0.2) is 0 Å². The molecule has 1 aromatic heterocycles. The van der Waals surface area contributed by atoms with Gasteiger partial charge in [-0.15, -0.1) is 0 Å². The number of hydrogen-bond donors (Lipinski definition) is 2. The Morgan fingerprint density at radius 1 is 0.895 bits per heavy atom. The first-order chi connectivity index (χ1) is 9.18. The zero-order valence-corrected chi connectivity index (χ0v) is 10.1. The molecule has 0 aliphatic heterocycles. The fourth-order valence-electron chi connectivity index (χ4n) is 2.16. The smallest absolute Gasteiger partial charge is 0.204 e. The zero-order valence-electron chi connectivity index (χ0n) is 10.1. The van der Waals surface area contributed by atoms with Gasteiger partial charge in [0.05, 0.1) is 10.9 Å². The fourth-order valence-corrected chi connectivity index (χ4v) is 2.16. The van der Waals surface area contributed by atoms with Gasteiger partial charge in [0.25, 0.3) is 0 Å². The van der Waals surface area contributed by atoms with Crippen LogP contribution < -0.4 is 16.9 Å². The van der Waals surface area contributed by atoms with Gasteiger partial charge in [-0.1, -0.05) is 36.4 Å². The molecule has 0 aliphatic carbocycles. The largest absolute Gasteiger partial charge is 0.440 e. The molecule has 0 aliphatic rings. The van der Waals surface area contributed by atoms with E-state index in [4.69, 9.17) is 15.9 Å². The van der Waals surface area contributed by atoms with Crippen LogP contribution in [-0.2, 0) is 0 Å². The fraction of sp³-hybridized carbons (Fsp3) is 0. The lowest BCUT2D eigenvalue weighted by atomic mass is 10.0. The Labute approximate surface area is 109 Å². The van der Waals surface area contributed by atoms with Gasteiger partial charge in [0.1, 0.15) is 5.58 Å². The van der Waals surface area contributed by atoms with E-state index in [0.717, 1.165) is 5.56 Å². The molecule has 3 rings (SSSR count). The maximum Gasteiger partial charge on any atom is 0.204 e. The molecule has 0 spiro atoms. The third kappa shape index (κ3) is 1.74. The van der Waals surface area contributed by atoms with Crippen LogP contribution in [0.1, 0.15) is 0 Å². The second kappa shape index (κ2) is 4.17. The van der Waals surface area contributed by atoms with Crippen LogP contribution in [0.5, 0.6) is 0 Å². The van der Waals surface area contributed by atoms with E-state index in [1.807, 2.05) is 30.3 Å². The SMILES string of the molecule is Nc1oc2cccc(N)c2c(=O)c1-c1ccccc1. The summed E-state index contributed by atoms with van der Waals surface area (Å²) in [5.41, 5.74) is 13.4. The Hall–Kier alpha value is -2.75. The van der Waals surface area contributed by atoms with Crippen molar-refractivity contribution in [3.8, 4) is 11.1 Å². The van der Waals surface area contributed by atoms with E-state index in [2.05, 4.69) is 0 Å². The van der Waals surface area contributed by atoms with Crippen LogP contribution in [0, 0.1) is 0 Å². The Balaban J connectivity index is 2.45. The minimum atomic E-state index is -0.206. The third-order valence-corrected chi connectivity index (χ3v) is 3.04. The van der Waals surface area contributed by atoms with Crippen molar-refractivity contribution < 1.29 is 4.42 Å². The van der Waals surface area contributed by atoms with Gasteiger partial charge in [0.2, 0.25) is 11.3 Å². The lowest BCUT2D eigenvalue weighted by molar-refractivity contribution is 0.627. The summed E-state index contributed by atoms with van der Waals surface area (Å²) in [4.78, 5) is 12.6. The van der Waals surface area contributed by atoms with Gasteiger partial charge in [-0.2, -0.15) is 0 Å². The summed E-state index contributed by atoms with van der Waals surface area (Å²) in [6.45, 7) is 0. The molecule has 4 nitrogen and oxygen atoms in total. The zero-order chi connectivity index (χ0) is 13.4. The van der Waals surface area contributed by atoms with Crippen LogP contribution in [-0.4, -0.2) is 0 Å². The molecular weight excluding hydrogens is 240 g/mol. The second-order valence-electron chi connectivity index (χ2n) is 4.26. The normalized spacial score (nSPS) is 10.7. The summed E-state index contributed by atoms with van der Waals surface area (Å²) in [5.74, 6) is 0.106. The number of benzene rings is 2. The van der Waals surface area contributed by atoms with Gasteiger partial charge in [-0.3, -0.25) is 4.79 Å². The number of hydrogen-bond acceptors (Lipinski definition) is 4. The Morgan fingerprint density at radius 2 is 1.63 bits per heavy atom. The van der Waals surface area contributed by atoms with Gasteiger partial charge in [-0.05, 0) is 17.7 Å². The van der Waals surface area contributed by atoms with Gasteiger partial charge < -0.3 is 15.9 Å². The van der Waals surface area contributed by atoms with Crippen LogP contribution in [0.4, 0.5) is 11.6 Å². The van der Waals surface area contributed by atoms with E-state index in [0.29, 0.717) is 22.2 Å². The van der Waals surface area contributed by atoms with Crippen molar-refractivity contribution >= 4 is 22.5 Å². The summed E-state index contributed by atoms with van der Waals surface area (Å²) >= 11 is 0. The quantitative estimate of drug-likeness (QED) is 0.652. The summed E-state index contributed by atoms with van der Waals surface area (Å²) < 4.78 is 5.51. The molecule has 3 aromatic rings. The lowest BCUT2D eigenvalue weighted by Crippen LogP contribution is -2.10.